The minimum atomic E-state index is -0.625. The Kier molecular flexibility index (Phi) is 6.40. The zero-order chi connectivity index (χ0) is 15.8. The minimum absolute atomic E-state index is 0.0411. The summed E-state index contributed by atoms with van der Waals surface area (Å²) in [5.41, 5.74) is 0.548. The first-order valence-electron chi connectivity index (χ1n) is 8.37. The highest BCUT2D eigenvalue weighted by Crippen LogP contribution is 2.30. The standard InChI is InChI=1S/C18H28N2O2/c1-2-12-19-17(21)14-20(13-16-8-4-3-5-9-16)15-18(22)10-6-7-11-18/h3-5,8-9,22H,2,6-7,10-15H2,1H3,(H,19,21). The Balaban J connectivity index is 1.98. The van der Waals surface area contributed by atoms with Crippen molar-refractivity contribution in [3.05, 3.63) is 35.9 Å². The molecule has 0 heterocycles. The summed E-state index contributed by atoms with van der Waals surface area (Å²) in [5, 5.41) is 13.6. The number of rotatable bonds is 8. The van der Waals surface area contributed by atoms with E-state index in [1.165, 1.54) is 5.56 Å². The van der Waals surface area contributed by atoms with Crippen molar-refractivity contribution in [2.24, 2.45) is 0 Å². The molecule has 1 aromatic rings. The second-order valence-electron chi connectivity index (χ2n) is 6.41. The molecule has 1 amide bonds. The number of nitrogens with one attached hydrogen (secondary N) is 1. The van der Waals surface area contributed by atoms with Crippen LogP contribution in [0.15, 0.2) is 30.3 Å². The number of hydrogen-bond donors (Lipinski definition) is 2. The summed E-state index contributed by atoms with van der Waals surface area (Å²) < 4.78 is 0. The van der Waals surface area contributed by atoms with Crippen LogP contribution in [-0.2, 0) is 11.3 Å². The Morgan fingerprint density at radius 3 is 2.59 bits per heavy atom. The number of benzene rings is 1. The van der Waals surface area contributed by atoms with Crippen LogP contribution in [0.25, 0.3) is 0 Å². The van der Waals surface area contributed by atoms with Crippen molar-refractivity contribution in [1.29, 1.82) is 0 Å². The normalized spacial score (nSPS) is 16.9. The van der Waals surface area contributed by atoms with E-state index in [0.29, 0.717) is 26.2 Å². The molecule has 1 aliphatic carbocycles. The SMILES string of the molecule is CCCNC(=O)CN(Cc1ccccc1)CC1(O)CCCC1. The van der Waals surface area contributed by atoms with Gasteiger partial charge in [0.25, 0.3) is 0 Å². The van der Waals surface area contributed by atoms with Gasteiger partial charge in [-0.3, -0.25) is 9.69 Å². The van der Waals surface area contributed by atoms with Gasteiger partial charge in [0.2, 0.25) is 5.91 Å². The van der Waals surface area contributed by atoms with Gasteiger partial charge in [-0.15, -0.1) is 0 Å². The van der Waals surface area contributed by atoms with Crippen LogP contribution < -0.4 is 5.32 Å². The maximum absolute atomic E-state index is 12.0. The summed E-state index contributed by atoms with van der Waals surface area (Å²) in [5.74, 6) is 0.0411. The molecule has 0 aliphatic heterocycles. The van der Waals surface area contributed by atoms with Gasteiger partial charge in [-0.2, -0.15) is 0 Å². The summed E-state index contributed by atoms with van der Waals surface area (Å²) in [6, 6.07) is 10.1. The zero-order valence-corrected chi connectivity index (χ0v) is 13.6. The van der Waals surface area contributed by atoms with Crippen LogP contribution in [0.4, 0.5) is 0 Å². The summed E-state index contributed by atoms with van der Waals surface area (Å²) in [6.07, 6.45) is 4.79. The van der Waals surface area contributed by atoms with E-state index < -0.39 is 5.60 Å². The van der Waals surface area contributed by atoms with Crippen LogP contribution in [0, 0.1) is 0 Å². The fourth-order valence-electron chi connectivity index (χ4n) is 3.14. The molecule has 1 fully saturated rings. The third kappa shape index (κ3) is 5.43. The third-order valence-corrected chi connectivity index (χ3v) is 4.24. The van der Waals surface area contributed by atoms with E-state index in [0.717, 1.165) is 32.1 Å². The Bertz CT molecular complexity index is 455. The fraction of sp³-hybridized carbons (Fsp3) is 0.611. The molecule has 122 valence electrons. The van der Waals surface area contributed by atoms with E-state index in [9.17, 15) is 9.90 Å². The summed E-state index contributed by atoms with van der Waals surface area (Å²) >= 11 is 0. The second kappa shape index (κ2) is 8.30. The highest BCUT2D eigenvalue weighted by molar-refractivity contribution is 5.77. The molecular formula is C18H28N2O2. The smallest absolute Gasteiger partial charge is 0.234 e. The zero-order valence-electron chi connectivity index (χ0n) is 13.6. The molecule has 0 aromatic heterocycles. The number of hydrogen-bond acceptors (Lipinski definition) is 3. The number of amides is 1. The largest absolute Gasteiger partial charge is 0.389 e. The molecule has 1 saturated carbocycles. The van der Waals surface area contributed by atoms with E-state index in [1.54, 1.807) is 0 Å². The van der Waals surface area contributed by atoms with Crippen molar-refractivity contribution in [2.75, 3.05) is 19.6 Å². The van der Waals surface area contributed by atoms with Gasteiger partial charge >= 0.3 is 0 Å². The lowest BCUT2D eigenvalue weighted by Gasteiger charge is -2.31. The Hall–Kier alpha value is -1.39. The van der Waals surface area contributed by atoms with E-state index in [2.05, 4.69) is 22.3 Å². The molecule has 0 unspecified atom stereocenters. The van der Waals surface area contributed by atoms with Gasteiger partial charge in [0.1, 0.15) is 0 Å². The Labute approximate surface area is 133 Å². The lowest BCUT2D eigenvalue weighted by Crippen LogP contribution is -2.45. The average molecular weight is 304 g/mol. The quantitative estimate of drug-likeness (QED) is 0.775. The van der Waals surface area contributed by atoms with Crippen molar-refractivity contribution in [3.63, 3.8) is 0 Å². The number of carbonyl (C=O) groups is 1. The van der Waals surface area contributed by atoms with Gasteiger partial charge in [0.15, 0.2) is 0 Å². The predicted octanol–water partition coefficient (Wildman–Crippen LogP) is 2.32. The van der Waals surface area contributed by atoms with Crippen molar-refractivity contribution in [1.82, 2.24) is 10.2 Å². The first-order chi connectivity index (χ1) is 10.6. The molecule has 4 nitrogen and oxygen atoms in total. The van der Waals surface area contributed by atoms with Crippen LogP contribution in [0.3, 0.4) is 0 Å². The maximum Gasteiger partial charge on any atom is 0.234 e. The topological polar surface area (TPSA) is 52.6 Å². The van der Waals surface area contributed by atoms with Crippen LogP contribution in [-0.4, -0.2) is 41.1 Å². The van der Waals surface area contributed by atoms with Gasteiger partial charge < -0.3 is 10.4 Å². The predicted molar refractivity (Wildman–Crippen MR) is 88.4 cm³/mol. The van der Waals surface area contributed by atoms with E-state index in [1.807, 2.05) is 25.1 Å². The average Bonchev–Trinajstić information content (AvgIpc) is 2.92. The first kappa shape index (κ1) is 17.0. The van der Waals surface area contributed by atoms with Crippen LogP contribution in [0.1, 0.15) is 44.6 Å². The summed E-state index contributed by atoms with van der Waals surface area (Å²) in [7, 11) is 0. The molecular weight excluding hydrogens is 276 g/mol. The van der Waals surface area contributed by atoms with Crippen molar-refractivity contribution >= 4 is 5.91 Å². The van der Waals surface area contributed by atoms with Crippen LogP contribution >= 0.6 is 0 Å². The first-order valence-corrected chi connectivity index (χ1v) is 8.37. The molecule has 0 bridgehead atoms. The lowest BCUT2D eigenvalue weighted by molar-refractivity contribution is -0.123. The highest BCUT2D eigenvalue weighted by atomic mass is 16.3. The van der Waals surface area contributed by atoms with Crippen LogP contribution in [0.5, 0.6) is 0 Å². The highest BCUT2D eigenvalue weighted by Gasteiger charge is 2.33. The Morgan fingerprint density at radius 1 is 1.27 bits per heavy atom. The fourth-order valence-corrected chi connectivity index (χ4v) is 3.14. The Morgan fingerprint density at radius 2 is 1.95 bits per heavy atom. The van der Waals surface area contributed by atoms with Crippen LogP contribution in [0.2, 0.25) is 0 Å². The number of carbonyl (C=O) groups excluding carboxylic acids is 1. The van der Waals surface area contributed by atoms with Gasteiger partial charge in [-0.25, -0.2) is 0 Å². The van der Waals surface area contributed by atoms with Crippen molar-refractivity contribution in [3.8, 4) is 0 Å². The van der Waals surface area contributed by atoms with Crippen molar-refractivity contribution < 1.29 is 9.90 Å². The van der Waals surface area contributed by atoms with Crippen molar-refractivity contribution in [2.45, 2.75) is 51.2 Å². The molecule has 2 rings (SSSR count). The van der Waals surface area contributed by atoms with Gasteiger partial charge in [-0.05, 0) is 24.8 Å². The molecule has 22 heavy (non-hydrogen) atoms. The summed E-state index contributed by atoms with van der Waals surface area (Å²) in [4.78, 5) is 14.1. The molecule has 1 aromatic carbocycles. The van der Waals surface area contributed by atoms with Gasteiger partial charge in [0.05, 0.1) is 12.1 Å². The third-order valence-electron chi connectivity index (χ3n) is 4.24. The number of aliphatic hydroxyl groups is 1. The van der Waals surface area contributed by atoms with Gasteiger partial charge in [0, 0.05) is 19.6 Å². The molecule has 0 radical (unpaired) electrons. The molecule has 0 atom stereocenters. The van der Waals surface area contributed by atoms with E-state index in [4.69, 9.17) is 0 Å². The number of nitrogens with zero attached hydrogens (tertiary/aromatic N) is 1. The molecule has 4 heteroatoms. The lowest BCUT2D eigenvalue weighted by atomic mass is 10.0. The second-order valence-corrected chi connectivity index (χ2v) is 6.41. The molecule has 1 aliphatic rings. The maximum atomic E-state index is 12.0. The van der Waals surface area contributed by atoms with E-state index in [-0.39, 0.29) is 5.91 Å². The monoisotopic (exact) mass is 304 g/mol. The molecule has 2 N–H and O–H groups in total. The van der Waals surface area contributed by atoms with E-state index >= 15 is 0 Å². The summed E-state index contributed by atoms with van der Waals surface area (Å²) in [6.45, 7) is 4.37. The molecule has 0 spiro atoms. The van der Waals surface area contributed by atoms with Gasteiger partial charge in [-0.1, -0.05) is 50.1 Å². The molecule has 0 saturated heterocycles. The minimum Gasteiger partial charge on any atom is -0.389 e.